The van der Waals surface area contributed by atoms with Crippen molar-refractivity contribution in [3.63, 3.8) is 0 Å². The van der Waals surface area contributed by atoms with Crippen molar-refractivity contribution in [2.24, 2.45) is 0 Å². The molecule has 0 amide bonds. The maximum Gasteiger partial charge on any atom is 0.135 e. The molecule has 0 aliphatic rings. The summed E-state index contributed by atoms with van der Waals surface area (Å²) in [7, 11) is 0. The van der Waals surface area contributed by atoms with Crippen molar-refractivity contribution in [1.29, 1.82) is 0 Å². The van der Waals surface area contributed by atoms with E-state index >= 15 is 0 Å². The Morgan fingerprint density at radius 1 is 1.06 bits per heavy atom. The van der Waals surface area contributed by atoms with E-state index in [-0.39, 0.29) is 0 Å². The van der Waals surface area contributed by atoms with E-state index in [4.69, 9.17) is 23.2 Å². The number of aromatic nitrogens is 2. The lowest BCUT2D eigenvalue weighted by Gasteiger charge is -2.10. The summed E-state index contributed by atoms with van der Waals surface area (Å²) in [5, 5.41) is 4.38. The van der Waals surface area contributed by atoms with Crippen molar-refractivity contribution >= 4 is 50.6 Å². The van der Waals surface area contributed by atoms with Gasteiger partial charge in [0, 0.05) is 11.1 Å². The van der Waals surface area contributed by atoms with E-state index in [0.717, 1.165) is 11.3 Å². The fourth-order valence-electron chi connectivity index (χ4n) is 1.48. The van der Waals surface area contributed by atoms with Gasteiger partial charge in [-0.15, -0.1) is 0 Å². The lowest BCUT2D eigenvalue weighted by Crippen LogP contribution is -1.98. The summed E-state index contributed by atoms with van der Waals surface area (Å²) in [4.78, 5) is 8.41. The molecule has 6 heteroatoms. The molecule has 18 heavy (non-hydrogen) atoms. The van der Waals surface area contributed by atoms with E-state index in [9.17, 15) is 0 Å². The van der Waals surface area contributed by atoms with E-state index in [2.05, 4.69) is 31.2 Å². The summed E-state index contributed by atoms with van der Waals surface area (Å²) < 4.78 is 0.715. The molecule has 0 bridgehead atoms. The Bertz CT molecular complexity index is 582. The van der Waals surface area contributed by atoms with Crippen LogP contribution in [0.1, 0.15) is 11.4 Å². The molecule has 0 fully saturated rings. The highest BCUT2D eigenvalue weighted by Crippen LogP contribution is 2.30. The zero-order chi connectivity index (χ0) is 13.3. The van der Waals surface area contributed by atoms with Gasteiger partial charge >= 0.3 is 0 Å². The molecule has 94 valence electrons. The van der Waals surface area contributed by atoms with E-state index in [1.165, 1.54) is 0 Å². The van der Waals surface area contributed by atoms with Crippen molar-refractivity contribution in [2.45, 2.75) is 13.8 Å². The first-order valence-corrected chi connectivity index (χ1v) is 6.74. The van der Waals surface area contributed by atoms with Gasteiger partial charge < -0.3 is 5.32 Å². The Morgan fingerprint density at radius 2 is 1.78 bits per heavy atom. The first kappa shape index (κ1) is 13.6. The van der Waals surface area contributed by atoms with Gasteiger partial charge in [-0.05, 0) is 47.5 Å². The van der Waals surface area contributed by atoms with Crippen LogP contribution in [0.2, 0.25) is 10.0 Å². The quantitative estimate of drug-likeness (QED) is 0.785. The van der Waals surface area contributed by atoms with E-state index in [1.54, 1.807) is 12.1 Å². The predicted octanol–water partition coefficient (Wildman–Crippen LogP) is 4.91. The van der Waals surface area contributed by atoms with E-state index in [1.807, 2.05) is 19.9 Å². The maximum atomic E-state index is 6.15. The molecule has 0 saturated carbocycles. The fourth-order valence-corrected chi connectivity index (χ4v) is 2.38. The molecule has 0 radical (unpaired) electrons. The summed E-state index contributed by atoms with van der Waals surface area (Å²) in [6, 6.07) is 5.37. The third-order valence-electron chi connectivity index (χ3n) is 2.32. The molecule has 0 unspecified atom stereocenters. The number of hydrogen-bond donors (Lipinski definition) is 1. The number of aryl methyl sites for hydroxylation is 2. The SMILES string of the molecule is Cc1nc(Br)cc(Nc2cc(Cl)c(C)cc2Cl)n1. The Balaban J connectivity index is 2.36. The minimum absolute atomic E-state index is 0.601. The standard InChI is InChI=1S/C12H10BrCl2N3/c1-6-3-9(15)10(4-8(6)14)18-12-5-11(13)16-7(2)17-12/h3-5H,1-2H3,(H,16,17,18). The molecule has 0 atom stereocenters. The smallest absolute Gasteiger partial charge is 0.135 e. The van der Waals surface area contributed by atoms with Crippen LogP contribution < -0.4 is 5.32 Å². The van der Waals surface area contributed by atoms with E-state index < -0.39 is 0 Å². The number of anilines is 2. The van der Waals surface area contributed by atoms with Gasteiger partial charge in [-0.25, -0.2) is 9.97 Å². The summed E-state index contributed by atoms with van der Waals surface area (Å²) in [5.41, 5.74) is 1.66. The van der Waals surface area contributed by atoms with Gasteiger partial charge in [-0.2, -0.15) is 0 Å². The maximum absolute atomic E-state index is 6.15. The molecule has 0 spiro atoms. The van der Waals surface area contributed by atoms with Crippen molar-refractivity contribution < 1.29 is 0 Å². The molecule has 2 rings (SSSR count). The van der Waals surface area contributed by atoms with Gasteiger partial charge in [-0.1, -0.05) is 23.2 Å². The summed E-state index contributed by atoms with van der Waals surface area (Å²) in [5.74, 6) is 1.33. The summed E-state index contributed by atoms with van der Waals surface area (Å²) >= 11 is 15.5. The van der Waals surface area contributed by atoms with Crippen LogP contribution in [0, 0.1) is 13.8 Å². The van der Waals surface area contributed by atoms with Crippen LogP contribution in [0.3, 0.4) is 0 Å². The average molecular weight is 347 g/mol. The minimum Gasteiger partial charge on any atom is -0.339 e. The molecule has 0 aliphatic heterocycles. The third kappa shape index (κ3) is 3.13. The molecule has 0 saturated heterocycles. The molecule has 1 aromatic heterocycles. The molecular formula is C12H10BrCl2N3. The van der Waals surface area contributed by atoms with E-state index in [0.29, 0.717) is 26.3 Å². The molecule has 1 N–H and O–H groups in total. The number of nitrogens with zero attached hydrogens (tertiary/aromatic N) is 2. The van der Waals surface area contributed by atoms with Crippen molar-refractivity contribution in [2.75, 3.05) is 5.32 Å². The monoisotopic (exact) mass is 345 g/mol. The first-order chi connectivity index (χ1) is 8.45. The van der Waals surface area contributed by atoms with Gasteiger partial charge in [0.2, 0.25) is 0 Å². The second-order valence-corrected chi connectivity index (χ2v) is 5.46. The molecule has 0 aliphatic carbocycles. The largest absolute Gasteiger partial charge is 0.339 e. The molecule has 1 heterocycles. The minimum atomic E-state index is 0.601. The van der Waals surface area contributed by atoms with Gasteiger partial charge in [0.1, 0.15) is 16.2 Å². The second-order valence-electron chi connectivity index (χ2n) is 3.83. The highest BCUT2D eigenvalue weighted by molar-refractivity contribution is 9.10. The number of hydrogen-bond acceptors (Lipinski definition) is 3. The summed E-state index contributed by atoms with van der Waals surface area (Å²) in [6.45, 7) is 3.73. The highest BCUT2D eigenvalue weighted by Gasteiger charge is 2.07. The van der Waals surface area contributed by atoms with Gasteiger partial charge in [0.15, 0.2) is 0 Å². The van der Waals surface area contributed by atoms with Crippen molar-refractivity contribution in [3.05, 3.63) is 44.2 Å². The second kappa shape index (κ2) is 5.43. The average Bonchev–Trinajstić information content (AvgIpc) is 2.24. The van der Waals surface area contributed by atoms with Crippen LogP contribution >= 0.6 is 39.1 Å². The Labute approximate surface area is 124 Å². The van der Waals surface area contributed by atoms with Crippen LogP contribution in [0.4, 0.5) is 11.5 Å². The number of rotatable bonds is 2. The third-order valence-corrected chi connectivity index (χ3v) is 3.44. The van der Waals surface area contributed by atoms with Crippen LogP contribution in [-0.2, 0) is 0 Å². The first-order valence-electron chi connectivity index (χ1n) is 5.19. The lowest BCUT2D eigenvalue weighted by molar-refractivity contribution is 1.04. The molecule has 3 nitrogen and oxygen atoms in total. The lowest BCUT2D eigenvalue weighted by atomic mass is 10.2. The zero-order valence-corrected chi connectivity index (χ0v) is 12.9. The number of nitrogens with one attached hydrogen (secondary N) is 1. The topological polar surface area (TPSA) is 37.8 Å². The van der Waals surface area contributed by atoms with Crippen LogP contribution in [0.25, 0.3) is 0 Å². The van der Waals surface area contributed by atoms with Crippen LogP contribution in [-0.4, -0.2) is 9.97 Å². The van der Waals surface area contributed by atoms with Gasteiger partial charge in [-0.3, -0.25) is 0 Å². The van der Waals surface area contributed by atoms with Crippen molar-refractivity contribution in [3.8, 4) is 0 Å². The Hall–Kier alpha value is -0.840. The van der Waals surface area contributed by atoms with Crippen LogP contribution in [0.15, 0.2) is 22.8 Å². The van der Waals surface area contributed by atoms with Gasteiger partial charge in [0.05, 0.1) is 10.7 Å². The molecular weight excluding hydrogens is 337 g/mol. The van der Waals surface area contributed by atoms with Gasteiger partial charge in [0.25, 0.3) is 0 Å². The van der Waals surface area contributed by atoms with Crippen LogP contribution in [0.5, 0.6) is 0 Å². The van der Waals surface area contributed by atoms with Crippen molar-refractivity contribution in [1.82, 2.24) is 9.97 Å². The zero-order valence-electron chi connectivity index (χ0n) is 9.76. The number of halogens is 3. The fraction of sp³-hybridized carbons (Fsp3) is 0.167. The normalized spacial score (nSPS) is 10.5. The summed E-state index contributed by atoms with van der Waals surface area (Å²) in [6.07, 6.45) is 0. The molecule has 1 aromatic carbocycles. The molecule has 2 aromatic rings. The number of benzene rings is 1. The Kier molecular flexibility index (Phi) is 4.10. The Morgan fingerprint density at radius 3 is 2.44 bits per heavy atom. The predicted molar refractivity (Wildman–Crippen MR) is 79.0 cm³/mol. The highest BCUT2D eigenvalue weighted by atomic mass is 79.9.